The standard InChI is InChI=1S/C28H30N6O3/c1-3-12-34(37-17-19-5-9-23(29)10-6-19)28(36)22-13-20-7-8-21(14-25(20)33-26(30)15-22)27(35)32-24-11-4-18(2)31-16-24/h4-11,13-14,16H,3,12,15,17,29H2,1-2H3,(H2,30,33)(H,32,35). The molecule has 0 bridgehead atoms. The molecule has 0 spiro atoms. The fraction of sp³-hybridized carbons (Fsp3) is 0.214. The fourth-order valence-corrected chi connectivity index (χ4v) is 3.77. The molecule has 0 atom stereocenters. The zero-order valence-electron chi connectivity index (χ0n) is 20.9. The van der Waals surface area contributed by atoms with Crippen molar-refractivity contribution in [3.63, 3.8) is 0 Å². The van der Waals surface area contributed by atoms with Crippen LogP contribution in [-0.2, 0) is 16.2 Å². The minimum atomic E-state index is -0.294. The van der Waals surface area contributed by atoms with Crippen LogP contribution in [0.25, 0.3) is 6.08 Å². The van der Waals surface area contributed by atoms with Crippen LogP contribution >= 0.6 is 0 Å². The number of hydrogen-bond acceptors (Lipinski definition) is 7. The van der Waals surface area contributed by atoms with Crippen molar-refractivity contribution in [2.75, 3.05) is 17.6 Å². The van der Waals surface area contributed by atoms with Crippen molar-refractivity contribution in [2.24, 2.45) is 10.7 Å². The van der Waals surface area contributed by atoms with E-state index < -0.39 is 0 Å². The topological polar surface area (TPSA) is 136 Å². The maximum absolute atomic E-state index is 13.4. The molecule has 4 rings (SSSR count). The average molecular weight is 499 g/mol. The van der Waals surface area contributed by atoms with Gasteiger partial charge in [-0.05, 0) is 61.4 Å². The predicted molar refractivity (Wildman–Crippen MR) is 145 cm³/mol. The van der Waals surface area contributed by atoms with Crippen molar-refractivity contribution in [3.8, 4) is 0 Å². The Hall–Kier alpha value is -4.50. The van der Waals surface area contributed by atoms with Crippen molar-refractivity contribution >= 4 is 40.8 Å². The molecule has 0 unspecified atom stereocenters. The van der Waals surface area contributed by atoms with E-state index in [9.17, 15) is 9.59 Å². The predicted octanol–water partition coefficient (Wildman–Crippen LogP) is 4.37. The summed E-state index contributed by atoms with van der Waals surface area (Å²) in [6, 6.07) is 16.0. The molecule has 0 fully saturated rings. The van der Waals surface area contributed by atoms with Gasteiger partial charge in [-0.2, -0.15) is 0 Å². The molecule has 3 aromatic rings. The molecule has 0 aliphatic carbocycles. The number of amidine groups is 1. The Morgan fingerprint density at radius 3 is 2.57 bits per heavy atom. The summed E-state index contributed by atoms with van der Waals surface area (Å²) in [7, 11) is 0. The van der Waals surface area contributed by atoms with Crippen LogP contribution in [0.5, 0.6) is 0 Å². The number of aromatic nitrogens is 1. The number of nitrogens with zero attached hydrogens (tertiary/aromatic N) is 3. The summed E-state index contributed by atoms with van der Waals surface area (Å²) in [4.78, 5) is 40.7. The largest absolute Gasteiger partial charge is 0.399 e. The number of fused-ring (bicyclic) bond motifs is 1. The molecule has 5 N–H and O–H groups in total. The van der Waals surface area contributed by atoms with Gasteiger partial charge in [0.15, 0.2) is 0 Å². The monoisotopic (exact) mass is 498 g/mol. The lowest BCUT2D eigenvalue weighted by Crippen LogP contribution is -2.34. The number of anilines is 2. The van der Waals surface area contributed by atoms with Crippen LogP contribution in [0.3, 0.4) is 0 Å². The number of nitrogens with two attached hydrogens (primary N) is 2. The van der Waals surface area contributed by atoms with E-state index >= 15 is 0 Å². The van der Waals surface area contributed by atoms with E-state index in [2.05, 4.69) is 15.3 Å². The molecule has 0 saturated carbocycles. The lowest BCUT2D eigenvalue weighted by molar-refractivity contribution is -0.187. The third-order valence-corrected chi connectivity index (χ3v) is 5.72. The van der Waals surface area contributed by atoms with Crippen molar-refractivity contribution in [1.29, 1.82) is 0 Å². The molecule has 9 heteroatoms. The number of amides is 2. The highest BCUT2D eigenvalue weighted by molar-refractivity contribution is 6.07. The lowest BCUT2D eigenvalue weighted by atomic mass is 10.0. The van der Waals surface area contributed by atoms with Gasteiger partial charge in [-0.1, -0.05) is 25.1 Å². The third kappa shape index (κ3) is 6.59. The smallest absolute Gasteiger partial charge is 0.273 e. The van der Waals surface area contributed by atoms with Crippen LogP contribution in [0, 0.1) is 6.92 Å². The zero-order valence-corrected chi connectivity index (χ0v) is 20.9. The highest BCUT2D eigenvalue weighted by atomic mass is 16.7. The van der Waals surface area contributed by atoms with E-state index in [1.54, 1.807) is 48.7 Å². The fourth-order valence-electron chi connectivity index (χ4n) is 3.77. The van der Waals surface area contributed by atoms with Gasteiger partial charge in [0.25, 0.3) is 11.8 Å². The molecular formula is C28H30N6O3. The summed E-state index contributed by atoms with van der Waals surface area (Å²) in [6.07, 6.45) is 4.23. The number of carbonyl (C=O) groups is 2. The van der Waals surface area contributed by atoms with Crippen LogP contribution in [0.4, 0.5) is 17.1 Å². The second-order valence-corrected chi connectivity index (χ2v) is 8.79. The molecule has 1 aliphatic rings. The number of benzene rings is 2. The summed E-state index contributed by atoms with van der Waals surface area (Å²) < 4.78 is 0. The summed E-state index contributed by atoms with van der Waals surface area (Å²) >= 11 is 0. The van der Waals surface area contributed by atoms with Crippen molar-refractivity contribution in [2.45, 2.75) is 33.3 Å². The molecule has 37 heavy (non-hydrogen) atoms. The highest BCUT2D eigenvalue weighted by Crippen LogP contribution is 2.29. The number of aryl methyl sites for hydroxylation is 1. The summed E-state index contributed by atoms with van der Waals surface area (Å²) in [5.41, 5.74) is 17.0. The van der Waals surface area contributed by atoms with Gasteiger partial charge in [-0.25, -0.2) is 10.1 Å². The molecule has 2 amide bonds. The number of hydrogen-bond donors (Lipinski definition) is 3. The summed E-state index contributed by atoms with van der Waals surface area (Å²) in [5.74, 6) is -0.303. The number of aliphatic imine (C=N–C) groups is 1. The van der Waals surface area contributed by atoms with Crippen LogP contribution in [0.2, 0.25) is 0 Å². The lowest BCUT2D eigenvalue weighted by Gasteiger charge is -2.22. The molecule has 1 aliphatic heterocycles. The van der Waals surface area contributed by atoms with Crippen molar-refractivity contribution in [1.82, 2.24) is 10.0 Å². The van der Waals surface area contributed by atoms with Gasteiger partial charge in [-0.15, -0.1) is 0 Å². The first-order valence-corrected chi connectivity index (χ1v) is 12.0. The van der Waals surface area contributed by atoms with E-state index in [-0.39, 0.29) is 30.7 Å². The normalized spacial score (nSPS) is 12.6. The molecule has 2 heterocycles. The van der Waals surface area contributed by atoms with E-state index in [1.165, 1.54) is 5.06 Å². The average Bonchev–Trinajstić information content (AvgIpc) is 3.05. The van der Waals surface area contributed by atoms with Gasteiger partial charge >= 0.3 is 0 Å². The minimum absolute atomic E-state index is 0.162. The van der Waals surface area contributed by atoms with Gasteiger partial charge in [0, 0.05) is 41.0 Å². The number of carbonyl (C=O) groups excluding carboxylic acids is 2. The van der Waals surface area contributed by atoms with E-state index in [1.807, 2.05) is 32.0 Å². The molecule has 1 aromatic heterocycles. The Morgan fingerprint density at radius 2 is 1.86 bits per heavy atom. The first kappa shape index (κ1) is 25.6. The maximum Gasteiger partial charge on any atom is 0.273 e. The summed E-state index contributed by atoms with van der Waals surface area (Å²) in [6.45, 7) is 4.50. The number of hydroxylamine groups is 2. The number of pyridine rings is 1. The van der Waals surface area contributed by atoms with Gasteiger partial charge in [0.2, 0.25) is 0 Å². The van der Waals surface area contributed by atoms with Gasteiger partial charge in [-0.3, -0.25) is 19.4 Å². The van der Waals surface area contributed by atoms with Crippen LogP contribution in [-0.4, -0.2) is 34.2 Å². The van der Waals surface area contributed by atoms with Gasteiger partial charge in [0.1, 0.15) is 12.4 Å². The maximum atomic E-state index is 13.4. The molecule has 9 nitrogen and oxygen atoms in total. The molecule has 0 radical (unpaired) electrons. The summed E-state index contributed by atoms with van der Waals surface area (Å²) in [5, 5.41) is 4.18. The third-order valence-electron chi connectivity index (χ3n) is 5.72. The van der Waals surface area contributed by atoms with E-state index in [4.69, 9.17) is 16.3 Å². The van der Waals surface area contributed by atoms with Gasteiger partial charge in [0.05, 0.1) is 17.6 Å². The number of nitrogens with one attached hydrogen (secondary N) is 1. The molecule has 190 valence electrons. The Morgan fingerprint density at radius 1 is 1.08 bits per heavy atom. The highest BCUT2D eigenvalue weighted by Gasteiger charge is 2.23. The van der Waals surface area contributed by atoms with Gasteiger partial charge < -0.3 is 16.8 Å². The second-order valence-electron chi connectivity index (χ2n) is 8.79. The Labute approximate surface area is 215 Å². The SMILES string of the molecule is CCCN(OCc1ccc(N)cc1)C(=O)C1=Cc2ccc(C(=O)Nc3ccc(C)nc3)cc2N=C(N)C1. The second kappa shape index (κ2) is 11.5. The Balaban J connectivity index is 1.53. The first-order valence-electron chi connectivity index (χ1n) is 12.0. The Kier molecular flexibility index (Phi) is 7.95. The van der Waals surface area contributed by atoms with Crippen molar-refractivity contribution < 1.29 is 14.4 Å². The van der Waals surface area contributed by atoms with Crippen LogP contribution in [0.1, 0.15) is 46.9 Å². The van der Waals surface area contributed by atoms with E-state index in [0.29, 0.717) is 40.3 Å². The number of rotatable bonds is 8. The quantitative estimate of drug-likeness (QED) is 0.312. The minimum Gasteiger partial charge on any atom is -0.399 e. The molecular weight excluding hydrogens is 468 g/mol. The molecule has 0 saturated heterocycles. The first-order chi connectivity index (χ1) is 17.8. The van der Waals surface area contributed by atoms with Crippen LogP contribution in [0.15, 0.2) is 71.4 Å². The molecule has 2 aromatic carbocycles. The van der Waals surface area contributed by atoms with E-state index in [0.717, 1.165) is 17.7 Å². The van der Waals surface area contributed by atoms with Crippen LogP contribution < -0.4 is 16.8 Å². The Bertz CT molecular complexity index is 1350. The zero-order chi connectivity index (χ0) is 26.4. The van der Waals surface area contributed by atoms with Crippen molar-refractivity contribution in [3.05, 3.63) is 88.8 Å². The number of nitrogen functional groups attached to an aromatic ring is 1.